The van der Waals surface area contributed by atoms with E-state index in [-0.39, 0.29) is 12.8 Å². The summed E-state index contributed by atoms with van der Waals surface area (Å²) in [6, 6.07) is 16.1. The number of esters is 1. The molecule has 0 spiro atoms. The van der Waals surface area contributed by atoms with Crippen LogP contribution in [-0.4, -0.2) is 17.0 Å². The SMILES string of the molecule is O=C(O)CCC(=O)OC(c1ccc(Cl)cc1)c1cc2ccccc2o1. The smallest absolute Gasteiger partial charge is 0.307 e. The van der Waals surface area contributed by atoms with E-state index in [2.05, 4.69) is 0 Å². The maximum absolute atomic E-state index is 12.0. The molecular formula is C19H15ClO5. The number of aliphatic carboxylic acids is 1. The lowest BCUT2D eigenvalue weighted by Crippen LogP contribution is -2.13. The molecule has 3 aromatic rings. The Labute approximate surface area is 148 Å². The number of carbonyl (C=O) groups is 2. The van der Waals surface area contributed by atoms with Gasteiger partial charge in [0.05, 0.1) is 12.8 Å². The van der Waals surface area contributed by atoms with Crippen LogP contribution < -0.4 is 0 Å². The van der Waals surface area contributed by atoms with Crippen molar-refractivity contribution in [2.75, 3.05) is 0 Å². The van der Waals surface area contributed by atoms with E-state index in [9.17, 15) is 9.59 Å². The molecule has 2 aromatic carbocycles. The van der Waals surface area contributed by atoms with Gasteiger partial charge < -0.3 is 14.3 Å². The summed E-state index contributed by atoms with van der Waals surface area (Å²) < 4.78 is 11.3. The van der Waals surface area contributed by atoms with Crippen LogP contribution in [0.3, 0.4) is 0 Å². The molecule has 1 heterocycles. The first-order valence-corrected chi connectivity index (χ1v) is 8.06. The monoisotopic (exact) mass is 358 g/mol. The second kappa shape index (κ2) is 7.40. The molecule has 0 saturated carbocycles. The van der Waals surface area contributed by atoms with E-state index in [1.165, 1.54) is 0 Å². The number of furan rings is 1. The molecule has 25 heavy (non-hydrogen) atoms. The number of rotatable bonds is 6. The lowest BCUT2D eigenvalue weighted by molar-refractivity contribution is -0.151. The van der Waals surface area contributed by atoms with Crippen LogP contribution >= 0.6 is 11.6 Å². The number of carbonyl (C=O) groups excluding carboxylic acids is 1. The van der Waals surface area contributed by atoms with Gasteiger partial charge in [-0.15, -0.1) is 0 Å². The van der Waals surface area contributed by atoms with E-state index in [1.807, 2.05) is 24.3 Å². The predicted molar refractivity (Wildman–Crippen MR) is 92.5 cm³/mol. The fourth-order valence-electron chi connectivity index (χ4n) is 2.46. The Morgan fingerprint density at radius 1 is 1.08 bits per heavy atom. The second-order valence-electron chi connectivity index (χ2n) is 5.50. The summed E-state index contributed by atoms with van der Waals surface area (Å²) in [5.41, 5.74) is 1.37. The number of benzene rings is 2. The minimum atomic E-state index is -1.05. The van der Waals surface area contributed by atoms with Gasteiger partial charge in [0, 0.05) is 16.0 Å². The minimum Gasteiger partial charge on any atom is -0.481 e. The summed E-state index contributed by atoms with van der Waals surface area (Å²) in [5.74, 6) is -1.20. The lowest BCUT2D eigenvalue weighted by atomic mass is 10.1. The maximum atomic E-state index is 12.0. The fourth-order valence-corrected chi connectivity index (χ4v) is 2.58. The zero-order valence-electron chi connectivity index (χ0n) is 13.1. The third-order valence-corrected chi connectivity index (χ3v) is 3.92. The van der Waals surface area contributed by atoms with Crippen molar-refractivity contribution in [2.45, 2.75) is 18.9 Å². The summed E-state index contributed by atoms with van der Waals surface area (Å²) in [4.78, 5) is 22.7. The molecule has 0 bridgehead atoms. The Balaban J connectivity index is 1.92. The van der Waals surface area contributed by atoms with Gasteiger partial charge in [-0.2, -0.15) is 0 Å². The number of carboxylic acid groups (broad SMARTS) is 1. The molecule has 1 N–H and O–H groups in total. The quantitative estimate of drug-likeness (QED) is 0.652. The number of hydrogen-bond acceptors (Lipinski definition) is 4. The van der Waals surface area contributed by atoms with E-state index in [4.69, 9.17) is 25.9 Å². The number of ether oxygens (including phenoxy) is 1. The summed E-state index contributed by atoms with van der Waals surface area (Å²) in [6.45, 7) is 0. The molecule has 1 atom stereocenters. The average molecular weight is 359 g/mol. The van der Waals surface area contributed by atoms with Crippen LogP contribution in [-0.2, 0) is 14.3 Å². The topological polar surface area (TPSA) is 76.7 Å². The van der Waals surface area contributed by atoms with Crippen molar-refractivity contribution in [3.63, 3.8) is 0 Å². The van der Waals surface area contributed by atoms with Crippen molar-refractivity contribution in [1.29, 1.82) is 0 Å². The van der Waals surface area contributed by atoms with Crippen molar-refractivity contribution < 1.29 is 23.8 Å². The molecule has 0 radical (unpaired) electrons. The molecular weight excluding hydrogens is 344 g/mol. The molecule has 0 aliphatic rings. The first-order valence-electron chi connectivity index (χ1n) is 7.68. The maximum Gasteiger partial charge on any atom is 0.307 e. The van der Waals surface area contributed by atoms with Crippen LogP contribution in [0.2, 0.25) is 5.02 Å². The first-order chi connectivity index (χ1) is 12.0. The molecule has 3 rings (SSSR count). The molecule has 0 fully saturated rings. The molecule has 5 nitrogen and oxygen atoms in total. The molecule has 0 aliphatic heterocycles. The number of fused-ring (bicyclic) bond motifs is 1. The van der Waals surface area contributed by atoms with Crippen LogP contribution in [0.1, 0.15) is 30.3 Å². The van der Waals surface area contributed by atoms with Gasteiger partial charge in [0.15, 0.2) is 11.9 Å². The van der Waals surface area contributed by atoms with Crippen molar-refractivity contribution >= 4 is 34.5 Å². The van der Waals surface area contributed by atoms with Gasteiger partial charge in [0.25, 0.3) is 0 Å². The molecule has 0 amide bonds. The van der Waals surface area contributed by atoms with Gasteiger partial charge in [-0.1, -0.05) is 41.9 Å². The first kappa shape index (κ1) is 17.0. The van der Waals surface area contributed by atoms with E-state index < -0.39 is 18.0 Å². The van der Waals surface area contributed by atoms with E-state index >= 15 is 0 Å². The summed E-state index contributed by atoms with van der Waals surface area (Å²) in [7, 11) is 0. The van der Waals surface area contributed by atoms with Gasteiger partial charge in [0.1, 0.15) is 5.58 Å². The Morgan fingerprint density at radius 2 is 1.80 bits per heavy atom. The van der Waals surface area contributed by atoms with E-state index in [1.54, 1.807) is 30.3 Å². The van der Waals surface area contributed by atoms with E-state index in [0.29, 0.717) is 21.9 Å². The molecule has 0 aliphatic carbocycles. The third kappa shape index (κ3) is 4.19. The molecule has 128 valence electrons. The number of para-hydroxylation sites is 1. The van der Waals surface area contributed by atoms with Crippen molar-refractivity contribution in [2.24, 2.45) is 0 Å². The Hall–Kier alpha value is -2.79. The Morgan fingerprint density at radius 3 is 2.48 bits per heavy atom. The number of hydrogen-bond donors (Lipinski definition) is 1. The van der Waals surface area contributed by atoms with Crippen molar-refractivity contribution in [1.82, 2.24) is 0 Å². The molecule has 1 unspecified atom stereocenters. The van der Waals surface area contributed by atoms with Crippen LogP contribution in [0.4, 0.5) is 0 Å². The van der Waals surface area contributed by atoms with Crippen molar-refractivity contribution in [3.05, 3.63) is 70.9 Å². The third-order valence-electron chi connectivity index (χ3n) is 3.67. The lowest BCUT2D eigenvalue weighted by Gasteiger charge is -2.16. The van der Waals surface area contributed by atoms with E-state index in [0.717, 1.165) is 5.39 Å². The highest BCUT2D eigenvalue weighted by molar-refractivity contribution is 6.30. The summed E-state index contributed by atoms with van der Waals surface area (Å²) in [5, 5.41) is 10.2. The minimum absolute atomic E-state index is 0.209. The predicted octanol–water partition coefficient (Wildman–Crippen LogP) is 4.58. The largest absolute Gasteiger partial charge is 0.481 e. The summed E-state index contributed by atoms with van der Waals surface area (Å²) >= 11 is 5.92. The molecule has 1 aromatic heterocycles. The Bertz CT molecular complexity index is 865. The standard InChI is InChI=1S/C19H15ClO5/c20-14-7-5-12(6-8-14)19(25-18(23)10-9-17(21)22)16-11-13-3-1-2-4-15(13)24-16/h1-8,11,19H,9-10H2,(H,21,22). The molecule has 6 heteroatoms. The Kier molecular flexibility index (Phi) is 5.05. The summed E-state index contributed by atoms with van der Waals surface area (Å²) in [6.07, 6.45) is -1.27. The van der Waals surface area contributed by atoms with Gasteiger partial charge >= 0.3 is 11.9 Å². The van der Waals surface area contributed by atoms with Crippen LogP contribution in [0.15, 0.2) is 59.0 Å². The van der Waals surface area contributed by atoms with Gasteiger partial charge in [-0.3, -0.25) is 9.59 Å². The fraction of sp³-hybridized carbons (Fsp3) is 0.158. The number of carboxylic acids is 1. The highest BCUT2D eigenvalue weighted by atomic mass is 35.5. The van der Waals surface area contributed by atoms with Crippen molar-refractivity contribution in [3.8, 4) is 0 Å². The number of halogens is 1. The second-order valence-corrected chi connectivity index (χ2v) is 5.94. The normalized spacial score (nSPS) is 12.0. The highest BCUT2D eigenvalue weighted by Crippen LogP contribution is 2.32. The van der Waals surface area contributed by atoms with Gasteiger partial charge in [-0.05, 0) is 24.3 Å². The van der Waals surface area contributed by atoms with Crippen LogP contribution in [0, 0.1) is 0 Å². The zero-order valence-corrected chi connectivity index (χ0v) is 13.9. The van der Waals surface area contributed by atoms with Crippen LogP contribution in [0.5, 0.6) is 0 Å². The zero-order chi connectivity index (χ0) is 17.8. The highest BCUT2D eigenvalue weighted by Gasteiger charge is 2.23. The van der Waals surface area contributed by atoms with Crippen LogP contribution in [0.25, 0.3) is 11.0 Å². The van der Waals surface area contributed by atoms with Gasteiger partial charge in [0.2, 0.25) is 0 Å². The average Bonchev–Trinajstić information content (AvgIpc) is 3.02. The van der Waals surface area contributed by atoms with Gasteiger partial charge in [-0.25, -0.2) is 0 Å². The molecule has 0 saturated heterocycles.